The Labute approximate surface area is 146 Å². The molecule has 1 atom stereocenters. The summed E-state index contributed by atoms with van der Waals surface area (Å²) in [6, 6.07) is 14.7. The van der Waals surface area contributed by atoms with Crippen molar-refractivity contribution in [2.75, 3.05) is 11.4 Å². The number of benzene rings is 2. The van der Waals surface area contributed by atoms with Gasteiger partial charge in [0, 0.05) is 6.42 Å². The maximum absolute atomic E-state index is 13.2. The number of hydrogen-bond donors (Lipinski definition) is 0. The number of anilines is 1. The van der Waals surface area contributed by atoms with Crippen LogP contribution < -0.4 is 9.64 Å². The molecule has 0 saturated carbocycles. The fourth-order valence-electron chi connectivity index (χ4n) is 3.40. The van der Waals surface area contributed by atoms with Crippen LogP contribution >= 0.6 is 0 Å². The van der Waals surface area contributed by atoms with Gasteiger partial charge in [0.15, 0.2) is 6.10 Å². The Morgan fingerprint density at radius 1 is 1.12 bits per heavy atom. The molecule has 0 saturated heterocycles. The lowest BCUT2D eigenvalue weighted by Crippen LogP contribution is -2.53. The quantitative estimate of drug-likeness (QED) is 0.751. The van der Waals surface area contributed by atoms with E-state index >= 15 is 0 Å². The molecular weight excluding hydrogens is 318 g/mol. The van der Waals surface area contributed by atoms with Crippen molar-refractivity contribution in [3.05, 3.63) is 59.7 Å². The first kappa shape index (κ1) is 15.7. The summed E-state index contributed by atoms with van der Waals surface area (Å²) in [5, 5.41) is 0. The average Bonchev–Trinajstić information content (AvgIpc) is 2.59. The summed E-state index contributed by atoms with van der Waals surface area (Å²) in [4.78, 5) is 27.1. The summed E-state index contributed by atoms with van der Waals surface area (Å²) in [5.41, 5.74) is 1.58. The Morgan fingerprint density at radius 2 is 1.84 bits per heavy atom. The van der Waals surface area contributed by atoms with E-state index < -0.39 is 17.7 Å². The van der Waals surface area contributed by atoms with E-state index in [0.29, 0.717) is 30.0 Å². The van der Waals surface area contributed by atoms with Crippen molar-refractivity contribution >= 4 is 17.6 Å². The van der Waals surface area contributed by atoms with Crippen LogP contribution in [0.5, 0.6) is 5.75 Å². The lowest BCUT2D eigenvalue weighted by molar-refractivity contribution is -0.128. The van der Waals surface area contributed by atoms with Crippen LogP contribution in [0.4, 0.5) is 5.69 Å². The molecule has 2 aromatic carbocycles. The Hall–Kier alpha value is -2.82. The summed E-state index contributed by atoms with van der Waals surface area (Å²) in [6.45, 7) is 4.27. The monoisotopic (exact) mass is 337 g/mol. The van der Waals surface area contributed by atoms with E-state index in [1.807, 2.05) is 50.2 Å². The largest absolute Gasteiger partial charge is 0.484 e. The third kappa shape index (κ3) is 2.76. The van der Waals surface area contributed by atoms with Crippen LogP contribution in [-0.2, 0) is 16.0 Å². The highest BCUT2D eigenvalue weighted by Gasteiger charge is 2.40. The van der Waals surface area contributed by atoms with Crippen molar-refractivity contribution in [2.45, 2.75) is 32.0 Å². The van der Waals surface area contributed by atoms with Gasteiger partial charge in [-0.15, -0.1) is 0 Å². The summed E-state index contributed by atoms with van der Waals surface area (Å²) in [6.07, 6.45) is -0.426. The van der Waals surface area contributed by atoms with Crippen molar-refractivity contribution < 1.29 is 19.1 Å². The number of carbonyl (C=O) groups excluding carboxylic acids is 2. The number of carbonyl (C=O) groups is 2. The van der Waals surface area contributed by atoms with Gasteiger partial charge in [-0.2, -0.15) is 0 Å². The molecule has 5 nitrogen and oxygen atoms in total. The SMILES string of the molecule is CC1(C)CN(C(=O)[C@@H]2Cc3ccccc3C(=O)O2)c2ccccc2O1. The third-order valence-corrected chi connectivity index (χ3v) is 4.51. The smallest absolute Gasteiger partial charge is 0.339 e. The van der Waals surface area contributed by atoms with Crippen LogP contribution in [0.3, 0.4) is 0 Å². The highest BCUT2D eigenvalue weighted by molar-refractivity contribution is 6.02. The fraction of sp³-hybridized carbons (Fsp3) is 0.300. The summed E-state index contributed by atoms with van der Waals surface area (Å²) in [7, 11) is 0. The molecule has 0 bridgehead atoms. The molecule has 0 aliphatic carbocycles. The van der Waals surface area contributed by atoms with Crippen LogP contribution in [0.15, 0.2) is 48.5 Å². The van der Waals surface area contributed by atoms with E-state index in [4.69, 9.17) is 9.47 Å². The van der Waals surface area contributed by atoms with Crippen molar-refractivity contribution in [1.82, 2.24) is 0 Å². The molecule has 2 aliphatic rings. The van der Waals surface area contributed by atoms with E-state index in [-0.39, 0.29) is 5.91 Å². The number of ether oxygens (including phenoxy) is 2. The molecular formula is C20H19NO4. The molecule has 4 rings (SSSR count). The Kier molecular flexibility index (Phi) is 3.53. The second-order valence-electron chi connectivity index (χ2n) is 7.01. The molecule has 0 unspecified atom stereocenters. The molecule has 1 amide bonds. The minimum Gasteiger partial charge on any atom is -0.484 e. The first-order valence-electron chi connectivity index (χ1n) is 8.33. The lowest BCUT2D eigenvalue weighted by atomic mass is 9.97. The van der Waals surface area contributed by atoms with Gasteiger partial charge in [-0.3, -0.25) is 4.79 Å². The van der Waals surface area contributed by atoms with Gasteiger partial charge in [0.05, 0.1) is 17.8 Å². The molecule has 0 radical (unpaired) electrons. The Bertz CT molecular complexity index is 858. The number of esters is 1. The fourth-order valence-corrected chi connectivity index (χ4v) is 3.40. The summed E-state index contributed by atoms with van der Waals surface area (Å²) >= 11 is 0. The lowest BCUT2D eigenvalue weighted by Gasteiger charge is -2.41. The Morgan fingerprint density at radius 3 is 2.68 bits per heavy atom. The van der Waals surface area contributed by atoms with Gasteiger partial charge in [0.2, 0.25) is 0 Å². The Balaban J connectivity index is 1.67. The van der Waals surface area contributed by atoms with Crippen molar-refractivity contribution in [3.63, 3.8) is 0 Å². The van der Waals surface area contributed by atoms with Crippen molar-refractivity contribution in [3.8, 4) is 5.75 Å². The number of cyclic esters (lactones) is 1. The van der Waals surface area contributed by atoms with E-state index in [2.05, 4.69) is 0 Å². The maximum Gasteiger partial charge on any atom is 0.339 e. The first-order valence-corrected chi connectivity index (χ1v) is 8.33. The van der Waals surface area contributed by atoms with Crippen molar-refractivity contribution in [2.24, 2.45) is 0 Å². The number of para-hydroxylation sites is 2. The standard InChI is InChI=1S/C20H19NO4/c1-20(2)12-21(15-9-5-6-10-16(15)25-20)18(22)17-11-13-7-3-4-8-14(13)19(23)24-17/h3-10,17H,11-12H2,1-2H3/t17-/m0/s1. The normalized spacial score (nSPS) is 20.8. The topological polar surface area (TPSA) is 55.8 Å². The number of hydrogen-bond acceptors (Lipinski definition) is 4. The molecule has 0 fully saturated rings. The minimum absolute atomic E-state index is 0.216. The van der Waals surface area contributed by atoms with E-state index in [1.165, 1.54) is 0 Å². The summed E-state index contributed by atoms with van der Waals surface area (Å²) in [5.74, 6) is 0.00215. The molecule has 2 heterocycles. The van der Waals surface area contributed by atoms with E-state index in [9.17, 15) is 9.59 Å². The molecule has 0 spiro atoms. The van der Waals surface area contributed by atoms with Gasteiger partial charge in [-0.25, -0.2) is 4.79 Å². The van der Waals surface area contributed by atoms with Gasteiger partial charge in [0.25, 0.3) is 5.91 Å². The molecule has 128 valence electrons. The van der Waals surface area contributed by atoms with Gasteiger partial charge < -0.3 is 14.4 Å². The van der Waals surface area contributed by atoms with Crippen LogP contribution in [0.25, 0.3) is 0 Å². The van der Waals surface area contributed by atoms with Gasteiger partial charge in [-0.05, 0) is 37.6 Å². The summed E-state index contributed by atoms with van der Waals surface area (Å²) < 4.78 is 11.4. The van der Waals surface area contributed by atoms with Gasteiger partial charge in [0.1, 0.15) is 11.4 Å². The zero-order valence-electron chi connectivity index (χ0n) is 14.2. The maximum atomic E-state index is 13.2. The van der Waals surface area contributed by atoms with Gasteiger partial charge >= 0.3 is 5.97 Å². The first-order chi connectivity index (χ1) is 11.9. The van der Waals surface area contributed by atoms with Crippen LogP contribution in [0.1, 0.15) is 29.8 Å². The van der Waals surface area contributed by atoms with Crippen LogP contribution in [0, 0.1) is 0 Å². The second kappa shape index (κ2) is 5.62. The van der Waals surface area contributed by atoms with E-state index in [1.54, 1.807) is 17.0 Å². The van der Waals surface area contributed by atoms with Gasteiger partial charge in [-0.1, -0.05) is 30.3 Å². The second-order valence-corrected chi connectivity index (χ2v) is 7.01. The van der Waals surface area contributed by atoms with E-state index in [0.717, 1.165) is 5.56 Å². The number of amides is 1. The van der Waals surface area contributed by atoms with Crippen molar-refractivity contribution in [1.29, 1.82) is 0 Å². The predicted octanol–water partition coefficient (Wildman–Crippen LogP) is 2.97. The molecule has 5 heteroatoms. The minimum atomic E-state index is -0.815. The highest BCUT2D eigenvalue weighted by Crippen LogP contribution is 2.37. The molecule has 2 aromatic rings. The van der Waals surface area contributed by atoms with Crippen LogP contribution in [0.2, 0.25) is 0 Å². The number of rotatable bonds is 1. The molecule has 2 aliphatic heterocycles. The predicted molar refractivity (Wildman–Crippen MR) is 92.9 cm³/mol. The zero-order chi connectivity index (χ0) is 17.6. The molecule has 0 N–H and O–H groups in total. The van der Waals surface area contributed by atoms with Crippen LogP contribution in [-0.4, -0.2) is 30.1 Å². The molecule has 0 aromatic heterocycles. The average molecular weight is 337 g/mol. The molecule has 25 heavy (non-hydrogen) atoms. The highest BCUT2D eigenvalue weighted by atomic mass is 16.6. The zero-order valence-corrected chi connectivity index (χ0v) is 14.2. The third-order valence-electron chi connectivity index (χ3n) is 4.51. The number of nitrogens with zero attached hydrogens (tertiary/aromatic N) is 1. The number of fused-ring (bicyclic) bond motifs is 2.